The van der Waals surface area contributed by atoms with Crippen LogP contribution in [0.2, 0.25) is 0 Å². The number of rotatable bonds is 4. The molecule has 1 unspecified atom stereocenters. The maximum Gasteiger partial charge on any atom is 0.254 e. The fourth-order valence-corrected chi connectivity index (χ4v) is 4.07. The van der Waals surface area contributed by atoms with Crippen molar-refractivity contribution in [2.24, 2.45) is 0 Å². The van der Waals surface area contributed by atoms with Crippen LogP contribution >= 0.6 is 0 Å². The number of benzene rings is 1. The smallest absolute Gasteiger partial charge is 0.254 e. The van der Waals surface area contributed by atoms with Crippen molar-refractivity contribution < 1.29 is 9.59 Å². The lowest BCUT2D eigenvalue weighted by Crippen LogP contribution is -2.53. The number of carbonyl (C=O) groups excluding carboxylic acids is 2. The Hall–Kier alpha value is -2.93. The number of nitrogens with zero attached hydrogens (tertiary/aromatic N) is 4. The van der Waals surface area contributed by atoms with E-state index in [1.54, 1.807) is 25.4 Å². The van der Waals surface area contributed by atoms with Gasteiger partial charge in [-0.3, -0.25) is 14.5 Å². The van der Waals surface area contributed by atoms with Gasteiger partial charge in [0.2, 0.25) is 5.91 Å². The predicted octanol–water partition coefficient (Wildman–Crippen LogP) is 1.37. The molecule has 7 nitrogen and oxygen atoms in total. The first kappa shape index (κ1) is 18.4. The van der Waals surface area contributed by atoms with E-state index in [0.29, 0.717) is 11.4 Å². The summed E-state index contributed by atoms with van der Waals surface area (Å²) in [6, 6.07) is 13.4. The number of amides is 2. The first-order valence-electron chi connectivity index (χ1n) is 9.71. The average molecular weight is 379 g/mol. The topological polar surface area (TPSA) is 68.8 Å². The van der Waals surface area contributed by atoms with Gasteiger partial charge in [-0.25, -0.2) is 4.98 Å². The molecule has 2 aliphatic heterocycles. The number of piperazine rings is 1. The Bertz CT molecular complexity index is 849. The summed E-state index contributed by atoms with van der Waals surface area (Å²) in [7, 11) is 1.63. The molecule has 28 heavy (non-hydrogen) atoms. The lowest BCUT2D eigenvalue weighted by atomic mass is 10.1. The molecule has 0 aliphatic carbocycles. The highest BCUT2D eigenvalue weighted by Crippen LogP contribution is 2.26. The monoisotopic (exact) mass is 379 g/mol. The van der Waals surface area contributed by atoms with Crippen LogP contribution in [-0.4, -0.2) is 67.5 Å². The summed E-state index contributed by atoms with van der Waals surface area (Å²) < 4.78 is 0. The Labute approximate surface area is 164 Å². The highest BCUT2D eigenvalue weighted by atomic mass is 16.2. The fourth-order valence-electron chi connectivity index (χ4n) is 4.07. The van der Waals surface area contributed by atoms with Crippen molar-refractivity contribution in [2.45, 2.75) is 12.5 Å². The normalized spacial score (nSPS) is 20.5. The van der Waals surface area contributed by atoms with Crippen LogP contribution in [0.3, 0.4) is 0 Å². The highest BCUT2D eigenvalue weighted by molar-refractivity contribution is 6.00. The van der Waals surface area contributed by atoms with E-state index in [2.05, 4.69) is 20.1 Å². The minimum absolute atomic E-state index is 0.0653. The van der Waals surface area contributed by atoms with Gasteiger partial charge in [-0.2, -0.15) is 0 Å². The third-order valence-electron chi connectivity index (χ3n) is 5.56. The van der Waals surface area contributed by atoms with E-state index in [0.717, 1.165) is 44.8 Å². The van der Waals surface area contributed by atoms with Crippen molar-refractivity contribution in [1.82, 2.24) is 15.2 Å². The summed E-state index contributed by atoms with van der Waals surface area (Å²) in [5, 5.41) is 2.67. The van der Waals surface area contributed by atoms with Gasteiger partial charge in [-0.15, -0.1) is 0 Å². The van der Waals surface area contributed by atoms with Crippen molar-refractivity contribution in [2.75, 3.05) is 49.6 Å². The number of carbonyl (C=O) groups is 2. The van der Waals surface area contributed by atoms with Crippen molar-refractivity contribution in [3.8, 4) is 0 Å². The van der Waals surface area contributed by atoms with Crippen molar-refractivity contribution >= 4 is 23.3 Å². The molecule has 0 saturated carbocycles. The highest BCUT2D eigenvalue weighted by Gasteiger charge is 2.38. The van der Waals surface area contributed by atoms with Gasteiger partial charge in [-0.05, 0) is 30.7 Å². The van der Waals surface area contributed by atoms with Crippen LogP contribution in [0, 0.1) is 0 Å². The first-order valence-corrected chi connectivity index (χ1v) is 9.71. The summed E-state index contributed by atoms with van der Waals surface area (Å²) in [6.45, 7) is 3.81. The maximum atomic E-state index is 12.9. The number of para-hydroxylation sites is 1. The van der Waals surface area contributed by atoms with E-state index in [-0.39, 0.29) is 17.9 Å². The fraction of sp³-hybridized carbons (Fsp3) is 0.381. The Morgan fingerprint density at radius 3 is 2.50 bits per heavy atom. The second-order valence-corrected chi connectivity index (χ2v) is 7.11. The van der Waals surface area contributed by atoms with Crippen LogP contribution in [0.1, 0.15) is 16.8 Å². The third kappa shape index (κ3) is 3.45. The van der Waals surface area contributed by atoms with Gasteiger partial charge in [0.1, 0.15) is 5.82 Å². The molecule has 2 aromatic rings. The standard InChI is InChI=1S/C21H25N5O2/c1-22-20(27)17-8-5-10-23-19(17)25-14-12-24(13-15-25)18-9-11-26(21(18)28)16-6-3-2-4-7-16/h2-8,10,18H,9,11-15H2,1H3,(H,22,27). The summed E-state index contributed by atoms with van der Waals surface area (Å²) in [5.41, 5.74) is 1.56. The average Bonchev–Trinajstić information content (AvgIpc) is 3.15. The molecular weight excluding hydrogens is 354 g/mol. The second kappa shape index (κ2) is 7.98. The molecule has 2 amide bonds. The molecule has 0 spiro atoms. The van der Waals surface area contributed by atoms with Crippen LogP contribution in [0.25, 0.3) is 0 Å². The van der Waals surface area contributed by atoms with Crippen molar-refractivity contribution in [1.29, 1.82) is 0 Å². The van der Waals surface area contributed by atoms with E-state index >= 15 is 0 Å². The molecule has 1 aromatic heterocycles. The van der Waals surface area contributed by atoms with E-state index in [9.17, 15) is 9.59 Å². The summed E-state index contributed by atoms with van der Waals surface area (Å²) in [5.74, 6) is 0.767. The van der Waals surface area contributed by atoms with Gasteiger partial charge >= 0.3 is 0 Å². The van der Waals surface area contributed by atoms with Crippen molar-refractivity contribution in [3.63, 3.8) is 0 Å². The summed E-state index contributed by atoms with van der Waals surface area (Å²) in [6.07, 6.45) is 2.56. The molecular formula is C21H25N5O2. The number of anilines is 2. The Morgan fingerprint density at radius 2 is 1.79 bits per heavy atom. The molecule has 0 bridgehead atoms. The van der Waals surface area contributed by atoms with Crippen LogP contribution in [0.4, 0.5) is 11.5 Å². The quantitative estimate of drug-likeness (QED) is 0.869. The minimum atomic E-state index is -0.130. The number of hydrogen-bond donors (Lipinski definition) is 1. The molecule has 2 saturated heterocycles. The lowest BCUT2D eigenvalue weighted by molar-refractivity contribution is -0.121. The van der Waals surface area contributed by atoms with Crippen LogP contribution in [0.5, 0.6) is 0 Å². The van der Waals surface area contributed by atoms with Gasteiger partial charge in [0.05, 0.1) is 11.6 Å². The molecule has 146 valence electrons. The molecule has 0 radical (unpaired) electrons. The molecule has 3 heterocycles. The van der Waals surface area contributed by atoms with Gasteiger partial charge in [-0.1, -0.05) is 18.2 Å². The SMILES string of the molecule is CNC(=O)c1cccnc1N1CCN(C2CCN(c3ccccc3)C2=O)CC1. The maximum absolute atomic E-state index is 12.9. The van der Waals surface area contributed by atoms with Crippen LogP contribution in [-0.2, 0) is 4.79 Å². The van der Waals surface area contributed by atoms with Gasteiger partial charge < -0.3 is 15.1 Å². The zero-order valence-electron chi connectivity index (χ0n) is 16.0. The third-order valence-corrected chi connectivity index (χ3v) is 5.56. The van der Waals surface area contributed by atoms with Gasteiger partial charge in [0.15, 0.2) is 0 Å². The number of nitrogens with one attached hydrogen (secondary N) is 1. The zero-order valence-corrected chi connectivity index (χ0v) is 16.0. The van der Waals surface area contributed by atoms with E-state index < -0.39 is 0 Å². The minimum Gasteiger partial charge on any atom is -0.355 e. The van der Waals surface area contributed by atoms with Gasteiger partial charge in [0, 0.05) is 51.7 Å². The van der Waals surface area contributed by atoms with Crippen molar-refractivity contribution in [3.05, 3.63) is 54.2 Å². The molecule has 2 aliphatic rings. The lowest BCUT2D eigenvalue weighted by Gasteiger charge is -2.38. The first-order chi connectivity index (χ1) is 13.7. The van der Waals surface area contributed by atoms with E-state index in [1.807, 2.05) is 35.2 Å². The molecule has 1 aromatic carbocycles. The van der Waals surface area contributed by atoms with Gasteiger partial charge in [0.25, 0.3) is 5.91 Å². The molecule has 2 fully saturated rings. The zero-order chi connectivity index (χ0) is 19.5. The Morgan fingerprint density at radius 1 is 1.04 bits per heavy atom. The Balaban J connectivity index is 1.42. The second-order valence-electron chi connectivity index (χ2n) is 7.11. The molecule has 7 heteroatoms. The Kier molecular flexibility index (Phi) is 5.25. The van der Waals surface area contributed by atoms with Crippen LogP contribution < -0.4 is 15.1 Å². The summed E-state index contributed by atoms with van der Waals surface area (Å²) in [4.78, 5) is 35.8. The summed E-state index contributed by atoms with van der Waals surface area (Å²) >= 11 is 0. The van der Waals surface area contributed by atoms with E-state index in [1.165, 1.54) is 0 Å². The molecule has 4 rings (SSSR count). The number of pyridine rings is 1. The number of hydrogen-bond acceptors (Lipinski definition) is 5. The van der Waals surface area contributed by atoms with Crippen LogP contribution in [0.15, 0.2) is 48.7 Å². The largest absolute Gasteiger partial charge is 0.355 e. The predicted molar refractivity (Wildman–Crippen MR) is 109 cm³/mol. The molecule has 1 atom stereocenters. The van der Waals surface area contributed by atoms with E-state index in [4.69, 9.17) is 0 Å². The number of aromatic nitrogens is 1. The molecule has 1 N–H and O–H groups in total.